The molecule has 0 spiro atoms. The van der Waals surface area contributed by atoms with E-state index in [2.05, 4.69) is 25.9 Å². The first-order valence-electron chi connectivity index (χ1n) is 9.59. The third-order valence-electron chi connectivity index (χ3n) is 4.10. The van der Waals surface area contributed by atoms with Gasteiger partial charge in [-0.15, -0.1) is 0 Å². The summed E-state index contributed by atoms with van der Waals surface area (Å²) < 4.78 is 19.1. The number of carbonyl (C=O) groups is 1. The molecule has 1 unspecified atom stereocenters. The van der Waals surface area contributed by atoms with Gasteiger partial charge in [0.05, 0.1) is 6.54 Å². The van der Waals surface area contributed by atoms with Crippen LogP contribution in [-0.4, -0.2) is 43.1 Å². The van der Waals surface area contributed by atoms with Gasteiger partial charge < -0.3 is 20.7 Å². The van der Waals surface area contributed by atoms with Gasteiger partial charge in [-0.25, -0.2) is 9.37 Å². The molecule has 2 aromatic rings. The smallest absolute Gasteiger partial charge is 0.227 e. The minimum atomic E-state index is -0.332. The van der Waals surface area contributed by atoms with Crippen LogP contribution < -0.4 is 20.7 Å². The number of nitrogens with zero attached hydrogens (tertiary/aromatic N) is 2. The van der Waals surface area contributed by atoms with Crippen molar-refractivity contribution in [2.24, 2.45) is 4.99 Å². The fraction of sp³-hybridized carbons (Fsp3) is 0.381. The second-order valence-electron chi connectivity index (χ2n) is 6.50. The number of pyridine rings is 1. The first kappa shape index (κ1) is 22.1. The van der Waals surface area contributed by atoms with E-state index in [0.717, 1.165) is 12.0 Å². The molecule has 0 aliphatic carbocycles. The highest BCUT2D eigenvalue weighted by Crippen LogP contribution is 2.14. The second kappa shape index (κ2) is 11.6. The van der Waals surface area contributed by atoms with Gasteiger partial charge in [-0.1, -0.05) is 19.1 Å². The average molecular weight is 401 g/mol. The number of anilines is 1. The molecule has 7 nitrogen and oxygen atoms in total. The van der Waals surface area contributed by atoms with E-state index in [1.54, 1.807) is 31.4 Å². The molecule has 0 radical (unpaired) electrons. The predicted octanol–water partition coefficient (Wildman–Crippen LogP) is 2.88. The van der Waals surface area contributed by atoms with Crippen molar-refractivity contribution in [1.29, 1.82) is 0 Å². The molecule has 0 bridgehead atoms. The summed E-state index contributed by atoms with van der Waals surface area (Å²) >= 11 is 0. The third-order valence-corrected chi connectivity index (χ3v) is 4.10. The van der Waals surface area contributed by atoms with E-state index >= 15 is 0 Å². The van der Waals surface area contributed by atoms with Crippen molar-refractivity contribution in [3.63, 3.8) is 0 Å². The molecule has 0 aliphatic rings. The van der Waals surface area contributed by atoms with Crippen LogP contribution in [0.25, 0.3) is 0 Å². The number of aliphatic imine (C=N–C) groups is 1. The Hall–Kier alpha value is -3.16. The first-order valence-corrected chi connectivity index (χ1v) is 9.59. The van der Waals surface area contributed by atoms with Crippen LogP contribution >= 0.6 is 0 Å². The van der Waals surface area contributed by atoms with Gasteiger partial charge in [-0.05, 0) is 37.1 Å². The van der Waals surface area contributed by atoms with E-state index in [9.17, 15) is 9.18 Å². The van der Waals surface area contributed by atoms with Gasteiger partial charge in [0.1, 0.15) is 23.5 Å². The van der Waals surface area contributed by atoms with Gasteiger partial charge in [0.15, 0.2) is 5.96 Å². The van der Waals surface area contributed by atoms with Crippen molar-refractivity contribution in [1.82, 2.24) is 15.6 Å². The maximum atomic E-state index is 13.3. The number of carbonyl (C=O) groups excluding carboxylic acids is 1. The summed E-state index contributed by atoms with van der Waals surface area (Å²) in [5.41, 5.74) is 1.03. The van der Waals surface area contributed by atoms with Crippen molar-refractivity contribution in [2.75, 3.05) is 25.5 Å². The maximum Gasteiger partial charge on any atom is 0.227 e. The number of ether oxygens (including phenoxy) is 1. The predicted molar refractivity (Wildman–Crippen MR) is 113 cm³/mol. The second-order valence-corrected chi connectivity index (χ2v) is 6.50. The van der Waals surface area contributed by atoms with Crippen molar-refractivity contribution in [3.8, 4) is 5.75 Å². The Morgan fingerprint density at radius 3 is 2.76 bits per heavy atom. The zero-order valence-electron chi connectivity index (χ0n) is 17.0. The average Bonchev–Trinajstić information content (AvgIpc) is 2.71. The minimum Gasteiger partial charge on any atom is -0.489 e. The maximum absolute atomic E-state index is 13.3. The molecule has 3 N–H and O–H groups in total. The SMILES string of the molecule is CCC(CNC(=NC)NCCC(=O)Nc1ccc(C)cn1)Oc1cccc(F)c1. The molecule has 0 fully saturated rings. The molecule has 8 heteroatoms. The number of nitrogens with one attached hydrogen (secondary N) is 3. The fourth-order valence-corrected chi connectivity index (χ4v) is 2.47. The Labute approximate surface area is 170 Å². The van der Waals surface area contributed by atoms with E-state index in [1.165, 1.54) is 12.1 Å². The van der Waals surface area contributed by atoms with Crippen molar-refractivity contribution in [2.45, 2.75) is 32.8 Å². The third kappa shape index (κ3) is 8.16. The van der Waals surface area contributed by atoms with Crippen LogP contribution in [0.2, 0.25) is 0 Å². The van der Waals surface area contributed by atoms with Crippen molar-refractivity contribution in [3.05, 3.63) is 54.0 Å². The number of hydrogen-bond acceptors (Lipinski definition) is 4. The summed E-state index contributed by atoms with van der Waals surface area (Å²) in [6.07, 6.45) is 2.57. The molecule has 29 heavy (non-hydrogen) atoms. The molecular formula is C21H28FN5O2. The number of aryl methyl sites for hydroxylation is 1. The van der Waals surface area contributed by atoms with Crippen LogP contribution in [0.3, 0.4) is 0 Å². The van der Waals surface area contributed by atoms with Gasteiger partial charge >= 0.3 is 0 Å². The Balaban J connectivity index is 1.72. The van der Waals surface area contributed by atoms with Crippen LogP contribution in [0.1, 0.15) is 25.3 Å². The van der Waals surface area contributed by atoms with E-state index < -0.39 is 0 Å². The lowest BCUT2D eigenvalue weighted by molar-refractivity contribution is -0.116. The summed E-state index contributed by atoms with van der Waals surface area (Å²) in [7, 11) is 1.65. The topological polar surface area (TPSA) is 87.6 Å². The first-order chi connectivity index (χ1) is 14.0. The van der Waals surface area contributed by atoms with Crippen molar-refractivity contribution < 1.29 is 13.9 Å². The highest BCUT2D eigenvalue weighted by molar-refractivity contribution is 5.90. The van der Waals surface area contributed by atoms with Gasteiger partial charge in [0.25, 0.3) is 0 Å². The van der Waals surface area contributed by atoms with E-state index in [0.29, 0.717) is 30.6 Å². The molecule has 156 valence electrons. The van der Waals surface area contributed by atoms with Crippen LogP contribution in [0.4, 0.5) is 10.2 Å². The number of guanidine groups is 1. The van der Waals surface area contributed by atoms with Crippen LogP contribution in [0.15, 0.2) is 47.6 Å². The van der Waals surface area contributed by atoms with Crippen LogP contribution in [0, 0.1) is 12.7 Å². The lowest BCUT2D eigenvalue weighted by atomic mass is 10.2. The molecule has 0 aliphatic heterocycles. The molecule has 2 rings (SSSR count). The lowest BCUT2D eigenvalue weighted by Gasteiger charge is -2.20. The standard InChI is InChI=1S/C21H28FN5O2/c1-4-17(29-18-7-5-6-16(22)12-18)14-26-21(23-3)24-11-10-20(28)27-19-9-8-15(2)13-25-19/h5-9,12-13,17H,4,10-11,14H2,1-3H3,(H2,23,24,26)(H,25,27,28). The summed E-state index contributed by atoms with van der Waals surface area (Å²) in [4.78, 5) is 20.3. The summed E-state index contributed by atoms with van der Waals surface area (Å²) in [6.45, 7) is 4.84. The Kier molecular flexibility index (Phi) is 8.88. The molecule has 0 saturated carbocycles. The van der Waals surface area contributed by atoms with Gasteiger partial charge in [-0.3, -0.25) is 9.79 Å². The minimum absolute atomic E-state index is 0.134. The Morgan fingerprint density at radius 1 is 1.28 bits per heavy atom. The Morgan fingerprint density at radius 2 is 2.10 bits per heavy atom. The molecular weight excluding hydrogens is 373 g/mol. The normalized spacial score (nSPS) is 12.2. The highest BCUT2D eigenvalue weighted by Gasteiger charge is 2.10. The molecule has 1 atom stereocenters. The number of aromatic nitrogens is 1. The van der Waals surface area contributed by atoms with Gasteiger partial charge in [-0.2, -0.15) is 0 Å². The lowest BCUT2D eigenvalue weighted by Crippen LogP contribution is -2.43. The van der Waals surface area contributed by atoms with E-state index in [1.807, 2.05) is 19.9 Å². The van der Waals surface area contributed by atoms with Crippen molar-refractivity contribution >= 4 is 17.7 Å². The Bertz CT molecular complexity index is 811. The summed E-state index contributed by atoms with van der Waals surface area (Å²) in [5.74, 6) is 1.12. The molecule has 0 saturated heterocycles. The number of amides is 1. The zero-order chi connectivity index (χ0) is 21.1. The highest BCUT2D eigenvalue weighted by atomic mass is 19.1. The summed E-state index contributed by atoms with van der Waals surface area (Å²) in [6, 6.07) is 9.73. The summed E-state index contributed by atoms with van der Waals surface area (Å²) in [5, 5.41) is 9.00. The quantitative estimate of drug-likeness (QED) is 0.444. The van der Waals surface area contributed by atoms with Gasteiger partial charge in [0, 0.05) is 32.3 Å². The number of rotatable bonds is 9. The number of halogens is 1. The number of hydrogen-bond donors (Lipinski definition) is 3. The number of benzene rings is 1. The molecule has 1 aromatic carbocycles. The largest absolute Gasteiger partial charge is 0.489 e. The fourth-order valence-electron chi connectivity index (χ4n) is 2.47. The molecule has 1 amide bonds. The van der Waals surface area contributed by atoms with Gasteiger partial charge in [0.2, 0.25) is 5.91 Å². The van der Waals surface area contributed by atoms with E-state index in [4.69, 9.17) is 4.74 Å². The molecule has 1 heterocycles. The van der Waals surface area contributed by atoms with Crippen LogP contribution in [-0.2, 0) is 4.79 Å². The zero-order valence-corrected chi connectivity index (χ0v) is 17.0. The van der Waals surface area contributed by atoms with Crippen LogP contribution in [0.5, 0.6) is 5.75 Å². The van der Waals surface area contributed by atoms with E-state index in [-0.39, 0.29) is 24.2 Å². The monoisotopic (exact) mass is 401 g/mol. The molecule has 1 aromatic heterocycles.